The van der Waals surface area contributed by atoms with E-state index in [1.54, 1.807) is 75.3 Å². The van der Waals surface area contributed by atoms with Crippen molar-refractivity contribution in [3.63, 3.8) is 0 Å². The molecule has 13 unspecified atom stereocenters. The number of aromatic hydroxyl groups is 1. The second-order valence-corrected chi connectivity index (χ2v) is 31.5. The van der Waals surface area contributed by atoms with E-state index in [-0.39, 0.29) is 50.2 Å². The van der Waals surface area contributed by atoms with Crippen LogP contribution in [0.4, 0.5) is 5.69 Å². The summed E-state index contributed by atoms with van der Waals surface area (Å²) in [7, 11) is 5.66. The van der Waals surface area contributed by atoms with Crippen molar-refractivity contribution in [2.75, 3.05) is 53.6 Å². The molecule has 5 heterocycles. The highest BCUT2D eigenvalue weighted by molar-refractivity contribution is 6.11. The van der Waals surface area contributed by atoms with Crippen LogP contribution in [0.25, 0.3) is 33.5 Å². The smallest absolute Gasteiger partial charge is 0.329 e. The fraction of sp³-hybridized carbons (Fsp3) is 0.582. The van der Waals surface area contributed by atoms with Gasteiger partial charge in [0.1, 0.15) is 75.8 Å². The number of ketones is 2. The standard InChI is InChI=1S/C64H88N10O16.C15H16O4/c1-27(2)44-53(78)35-19-17-21-37(35)61(84)71(13)25-40(75)73(15)50(29(5)6)63(86)88-33(11)46(59(82)67-44)69-57(80)39-24-23-31(9)55-48(39)66-49-42(43(65)52(77)32(10)56(49)90-55)58(81)70-47-34(12)89-64(87)51(30(7)8)74(16)41(76)26-72(14)62(85)38-22-18-20-36(38)54(79)45(28(3)4)68-60(47)83;1-8-3-4-10-12(18-7-8)6-13-14(15(10)17)11(16)5-9(2)19-13/h23-24,27-30,33-38,44-47,50-51H,17-22,25-26,65H2,1-16H3,(H,67,82)(H,68,83)(H,69,80)(H,70,81);5-6,8,17H,3-4,7H2,1-2H3. The van der Waals surface area contributed by atoms with Crippen molar-refractivity contribution in [3.8, 4) is 23.0 Å². The van der Waals surface area contributed by atoms with Gasteiger partial charge < -0.3 is 74.8 Å². The molecule has 30 heteroatoms. The number of anilines is 1. The van der Waals surface area contributed by atoms with E-state index >= 15 is 9.59 Å². The molecule has 8 amide bonds. The third-order valence-corrected chi connectivity index (χ3v) is 22.0. The number of nitrogens with two attached hydrogens (primary N) is 1. The summed E-state index contributed by atoms with van der Waals surface area (Å²) < 4.78 is 29.6. The van der Waals surface area contributed by atoms with Crippen LogP contribution in [0.1, 0.15) is 164 Å². The van der Waals surface area contributed by atoms with Crippen LogP contribution in [-0.2, 0) is 63.8 Å². The summed E-state index contributed by atoms with van der Waals surface area (Å²) in [6.07, 6.45) is 0.993. The normalized spacial score (nSPS) is 26.2. The number of likely N-dealkylation sites (N-methyl/N-ethyl adjacent to an activating group) is 4. The number of nitrogens with one attached hydrogen (secondary N) is 4. The molecule has 7 N–H and O–H groups in total. The van der Waals surface area contributed by atoms with Crippen LogP contribution in [0.2, 0.25) is 0 Å². The van der Waals surface area contributed by atoms with E-state index in [2.05, 4.69) is 28.2 Å². The van der Waals surface area contributed by atoms with Gasteiger partial charge in [0.2, 0.25) is 40.9 Å². The summed E-state index contributed by atoms with van der Waals surface area (Å²) in [5.74, 6) is -13.3. The third kappa shape index (κ3) is 17.1. The number of cyclic esters (lactones) is 2. The maximum absolute atomic E-state index is 15.2. The molecule has 2 aromatic carbocycles. The molecule has 3 aliphatic carbocycles. The lowest BCUT2D eigenvalue weighted by Crippen LogP contribution is -2.59. The highest BCUT2D eigenvalue weighted by atomic mass is 16.6. The Bertz CT molecular complexity index is 4540. The van der Waals surface area contributed by atoms with Crippen molar-refractivity contribution in [3.05, 3.63) is 78.3 Å². The molecule has 590 valence electrons. The number of rotatable bonds is 8. The molecule has 10 rings (SSSR count). The van der Waals surface area contributed by atoms with Gasteiger partial charge in [-0.1, -0.05) is 81.2 Å². The molecule has 13 atom stereocenters. The number of phenols is 1. The van der Waals surface area contributed by atoms with E-state index < -0.39 is 196 Å². The molecular formula is C79H104N10O20. The maximum Gasteiger partial charge on any atom is 0.329 e. The number of esters is 2. The average molecular weight is 1510 g/mol. The SMILES string of the molecule is Cc1c2oc3c(C)ccc(C(=O)NC4C(=O)NC(C(C)C)C(=O)C5CCCC5C(=O)N(C)CC(=O)N(C)C(C(C)C)C(=O)OC4C)c3nc-2c(C(=O)NC2C(=O)NC(C(C)C)C(=O)C3CCCC3C(=O)N(C)CC(=O)N(C)C(C(C)C)C(=O)OC2C)c(N)c1=O.Cc1cc(=O)c2c(O)c3c(cc2o1)OCC(C)CC3. The minimum Gasteiger partial charge on any atom is -0.507 e. The Labute approximate surface area is 632 Å². The number of aryl methyl sites for hydroxylation is 2. The zero-order valence-corrected chi connectivity index (χ0v) is 65.4. The van der Waals surface area contributed by atoms with Crippen LogP contribution in [0.3, 0.4) is 0 Å². The Morgan fingerprint density at radius 1 is 0.624 bits per heavy atom. The average Bonchev–Trinajstić information content (AvgIpc) is 1.01. The van der Waals surface area contributed by atoms with Gasteiger partial charge in [0.05, 0.1) is 48.6 Å². The monoisotopic (exact) mass is 1510 g/mol. The maximum atomic E-state index is 15.2. The summed E-state index contributed by atoms with van der Waals surface area (Å²) in [4.78, 5) is 209. The Hall–Kier alpha value is -10.3. The second-order valence-electron chi connectivity index (χ2n) is 31.5. The van der Waals surface area contributed by atoms with E-state index in [9.17, 15) is 62.6 Å². The van der Waals surface area contributed by atoms with Crippen LogP contribution < -0.4 is 42.6 Å². The van der Waals surface area contributed by atoms with Gasteiger partial charge in [0.25, 0.3) is 11.8 Å². The van der Waals surface area contributed by atoms with E-state index in [0.717, 1.165) is 16.2 Å². The molecule has 2 saturated heterocycles. The predicted molar refractivity (Wildman–Crippen MR) is 400 cm³/mol. The molecule has 3 aromatic rings. The quantitative estimate of drug-likeness (QED) is 0.0636. The molecule has 7 aliphatic rings. The zero-order valence-electron chi connectivity index (χ0n) is 65.4. The molecule has 109 heavy (non-hydrogen) atoms. The highest BCUT2D eigenvalue weighted by Crippen LogP contribution is 2.41. The van der Waals surface area contributed by atoms with Gasteiger partial charge in [-0.3, -0.25) is 57.5 Å². The van der Waals surface area contributed by atoms with Gasteiger partial charge in [-0.25, -0.2) is 14.6 Å². The minimum atomic E-state index is -1.86. The number of nitrogens with zero attached hydrogens (tertiary/aromatic N) is 5. The highest BCUT2D eigenvalue weighted by Gasteiger charge is 2.48. The lowest BCUT2D eigenvalue weighted by Gasteiger charge is -2.35. The number of phenolic OH excluding ortho intramolecular Hbond substituents is 1. The molecule has 0 radical (unpaired) electrons. The van der Waals surface area contributed by atoms with E-state index in [4.69, 9.17) is 33.8 Å². The van der Waals surface area contributed by atoms with Gasteiger partial charge in [-0.05, 0) is 114 Å². The summed E-state index contributed by atoms with van der Waals surface area (Å²) in [6.45, 7) is 22.7. The number of benzene rings is 3. The van der Waals surface area contributed by atoms with Crippen LogP contribution in [-0.4, -0.2) is 197 Å². The fourth-order valence-corrected chi connectivity index (χ4v) is 15.7. The van der Waals surface area contributed by atoms with Gasteiger partial charge in [0.15, 0.2) is 28.3 Å². The number of fused-ring (bicyclic) bond motifs is 6. The molecule has 30 nitrogen and oxygen atoms in total. The second kappa shape index (κ2) is 33.7. The number of hydrogen-bond acceptors (Lipinski definition) is 22. The number of aromatic nitrogens is 1. The van der Waals surface area contributed by atoms with E-state index in [1.807, 2.05) is 0 Å². The van der Waals surface area contributed by atoms with Crippen molar-refractivity contribution in [2.24, 2.45) is 53.3 Å². The number of amides is 8. The minimum absolute atomic E-state index is 0.00958. The Morgan fingerprint density at radius 3 is 1.58 bits per heavy atom. The van der Waals surface area contributed by atoms with Crippen LogP contribution >= 0.6 is 0 Å². The van der Waals surface area contributed by atoms with Crippen molar-refractivity contribution < 1.29 is 85.7 Å². The molecular weight excluding hydrogens is 1410 g/mol. The largest absolute Gasteiger partial charge is 0.507 e. The number of carbonyl (C=O) groups excluding carboxylic acids is 12. The van der Waals surface area contributed by atoms with Crippen LogP contribution in [0.5, 0.6) is 11.5 Å². The number of nitrogen functional groups attached to an aromatic ring is 1. The van der Waals surface area contributed by atoms with Crippen LogP contribution in [0, 0.1) is 74.0 Å². The first-order valence-corrected chi connectivity index (χ1v) is 37.5. The lowest BCUT2D eigenvalue weighted by atomic mass is 9.83. The molecule has 4 aliphatic heterocycles. The third-order valence-electron chi connectivity index (χ3n) is 22.0. The fourth-order valence-electron chi connectivity index (χ4n) is 15.7. The van der Waals surface area contributed by atoms with Gasteiger partial charge in [0, 0.05) is 75.1 Å². The van der Waals surface area contributed by atoms with Gasteiger partial charge in [-0.15, -0.1) is 0 Å². The van der Waals surface area contributed by atoms with Crippen molar-refractivity contribution in [1.82, 2.24) is 45.9 Å². The van der Waals surface area contributed by atoms with Gasteiger partial charge >= 0.3 is 11.9 Å². The Morgan fingerprint density at radius 2 is 1.10 bits per heavy atom. The zero-order chi connectivity index (χ0) is 80.5. The Balaban J connectivity index is 0.000000618. The first-order valence-electron chi connectivity index (χ1n) is 37.5. The van der Waals surface area contributed by atoms with Crippen molar-refractivity contribution >= 4 is 98.5 Å². The summed E-state index contributed by atoms with van der Waals surface area (Å²) in [5, 5.41) is 21.4. The number of ether oxygens (including phenoxy) is 3. The van der Waals surface area contributed by atoms with E-state index in [1.165, 1.54) is 77.0 Å². The molecule has 1 aromatic heterocycles. The lowest BCUT2D eigenvalue weighted by molar-refractivity contribution is -0.163. The van der Waals surface area contributed by atoms with Crippen molar-refractivity contribution in [1.29, 1.82) is 0 Å². The number of hydrogen-bond donors (Lipinski definition) is 6. The Kier molecular flexibility index (Phi) is 25.6. The first-order chi connectivity index (χ1) is 51.2. The predicted octanol–water partition coefficient (Wildman–Crippen LogP) is 5.48. The molecule has 0 spiro atoms. The summed E-state index contributed by atoms with van der Waals surface area (Å²) >= 11 is 0. The molecule has 4 fully saturated rings. The van der Waals surface area contributed by atoms with Gasteiger partial charge in [-0.2, -0.15) is 0 Å². The topological polar surface area (TPSA) is 413 Å². The van der Waals surface area contributed by atoms with Crippen molar-refractivity contribution in [2.45, 2.75) is 197 Å². The number of carbonyl (C=O) groups is 12. The van der Waals surface area contributed by atoms with E-state index in [0.29, 0.717) is 85.7 Å². The number of Topliss-reactive ketones (excluding diaryl/α,β-unsaturated/α-hetero) is 2. The first kappa shape index (κ1) is 82.8. The molecule has 2 saturated carbocycles. The van der Waals surface area contributed by atoms with Crippen LogP contribution in [0.15, 0.2) is 42.7 Å². The molecule has 0 bridgehead atoms. The summed E-state index contributed by atoms with van der Waals surface area (Å²) in [5.41, 5.74) is 4.56. The summed E-state index contributed by atoms with van der Waals surface area (Å²) in [6, 6.07) is -2.60.